The van der Waals surface area contributed by atoms with Gasteiger partial charge in [0.15, 0.2) is 0 Å². The van der Waals surface area contributed by atoms with Crippen LogP contribution in [-0.4, -0.2) is 25.2 Å². The van der Waals surface area contributed by atoms with Crippen molar-refractivity contribution in [2.75, 3.05) is 18.0 Å². The van der Waals surface area contributed by atoms with Crippen molar-refractivity contribution in [3.05, 3.63) is 29.0 Å². The molecule has 0 radical (unpaired) electrons. The van der Waals surface area contributed by atoms with Crippen LogP contribution in [0.4, 0.5) is 10.1 Å². The maximum absolute atomic E-state index is 13.7. The molecule has 2 nitrogen and oxygen atoms in total. The summed E-state index contributed by atoms with van der Waals surface area (Å²) in [5.41, 5.74) is 1.11. The van der Waals surface area contributed by atoms with Crippen molar-refractivity contribution in [3.8, 4) is 0 Å². The maximum atomic E-state index is 13.7. The smallest absolute Gasteiger partial charge is 0.143 e. The van der Waals surface area contributed by atoms with Gasteiger partial charge in [0.25, 0.3) is 0 Å². The third-order valence-corrected chi connectivity index (χ3v) is 4.48. The lowest BCUT2D eigenvalue weighted by atomic mass is 9.84. The predicted octanol–water partition coefficient (Wildman–Crippen LogP) is 4.08. The van der Waals surface area contributed by atoms with E-state index < -0.39 is 0 Å². The quantitative estimate of drug-likeness (QED) is 0.885. The molecular weight excluding hydrogens is 275 g/mol. The van der Waals surface area contributed by atoms with Gasteiger partial charge >= 0.3 is 0 Å². The second-order valence-corrected chi connectivity index (χ2v) is 7.05. The molecule has 2 rings (SSSR count). The molecule has 1 heterocycles. The van der Waals surface area contributed by atoms with Crippen LogP contribution >= 0.6 is 11.6 Å². The summed E-state index contributed by atoms with van der Waals surface area (Å²) < 4.78 is 13.7. The molecule has 1 saturated heterocycles. The number of nitrogens with zero attached hydrogens (tertiary/aromatic N) is 1. The molecule has 0 amide bonds. The Morgan fingerprint density at radius 3 is 2.65 bits per heavy atom. The Morgan fingerprint density at radius 1 is 1.40 bits per heavy atom. The van der Waals surface area contributed by atoms with Crippen LogP contribution in [0.15, 0.2) is 18.2 Å². The highest BCUT2D eigenvalue weighted by molar-refractivity contribution is 6.30. The second-order valence-electron chi connectivity index (χ2n) is 6.64. The molecule has 1 aromatic rings. The van der Waals surface area contributed by atoms with Crippen LogP contribution in [0.3, 0.4) is 0 Å². The summed E-state index contributed by atoms with van der Waals surface area (Å²) in [6.07, 6.45) is 1.04. The Hall–Kier alpha value is -0.800. The fourth-order valence-corrected chi connectivity index (χ4v) is 2.84. The average molecular weight is 299 g/mol. The lowest BCUT2D eigenvalue weighted by molar-refractivity contribution is 0.233. The van der Waals surface area contributed by atoms with E-state index in [1.165, 1.54) is 0 Å². The molecule has 1 aliphatic heterocycles. The van der Waals surface area contributed by atoms with Gasteiger partial charge in [0.1, 0.15) is 5.82 Å². The van der Waals surface area contributed by atoms with E-state index in [0.717, 1.165) is 25.2 Å². The van der Waals surface area contributed by atoms with Gasteiger partial charge in [-0.25, -0.2) is 4.39 Å². The van der Waals surface area contributed by atoms with E-state index in [2.05, 4.69) is 37.9 Å². The number of nitrogens with one attached hydrogen (secondary N) is 1. The lowest BCUT2D eigenvalue weighted by Gasteiger charge is -2.46. The zero-order valence-electron chi connectivity index (χ0n) is 12.7. The maximum Gasteiger partial charge on any atom is 0.143 e. The van der Waals surface area contributed by atoms with Crippen molar-refractivity contribution in [1.29, 1.82) is 0 Å². The highest BCUT2D eigenvalue weighted by Gasteiger charge is 2.33. The summed E-state index contributed by atoms with van der Waals surface area (Å²) in [6.45, 7) is 10.7. The first-order valence-electron chi connectivity index (χ1n) is 7.28. The van der Waals surface area contributed by atoms with Gasteiger partial charge in [-0.05, 0) is 30.0 Å². The largest absolute Gasteiger partial charge is 0.366 e. The number of benzene rings is 1. The summed E-state index contributed by atoms with van der Waals surface area (Å²) >= 11 is 5.79. The van der Waals surface area contributed by atoms with Crippen molar-refractivity contribution in [2.24, 2.45) is 5.41 Å². The summed E-state index contributed by atoms with van der Waals surface area (Å²) in [6, 6.07) is 5.90. The van der Waals surface area contributed by atoms with Gasteiger partial charge in [0.2, 0.25) is 0 Å². The van der Waals surface area contributed by atoms with Crippen LogP contribution in [0.25, 0.3) is 0 Å². The van der Waals surface area contributed by atoms with E-state index in [4.69, 9.17) is 11.6 Å². The van der Waals surface area contributed by atoms with Crippen LogP contribution in [0.2, 0.25) is 5.02 Å². The minimum Gasteiger partial charge on any atom is -0.366 e. The molecule has 4 heteroatoms. The summed E-state index contributed by atoms with van der Waals surface area (Å²) in [5.74, 6) is -0.343. The number of rotatable bonds is 2. The molecule has 1 N–H and O–H groups in total. The van der Waals surface area contributed by atoms with Crippen LogP contribution in [-0.2, 0) is 0 Å². The van der Waals surface area contributed by atoms with Crippen molar-refractivity contribution < 1.29 is 4.39 Å². The fraction of sp³-hybridized carbons (Fsp3) is 0.625. The minimum absolute atomic E-state index is 0.182. The van der Waals surface area contributed by atoms with Gasteiger partial charge in [-0.1, -0.05) is 39.3 Å². The van der Waals surface area contributed by atoms with Crippen LogP contribution in [0, 0.1) is 11.2 Å². The van der Waals surface area contributed by atoms with Crippen LogP contribution in [0.5, 0.6) is 0 Å². The fourth-order valence-electron chi connectivity index (χ4n) is 2.72. The molecule has 1 aromatic carbocycles. The first-order valence-corrected chi connectivity index (χ1v) is 7.65. The van der Waals surface area contributed by atoms with E-state index >= 15 is 0 Å². The molecule has 0 aliphatic carbocycles. The second kappa shape index (κ2) is 5.90. The van der Waals surface area contributed by atoms with E-state index in [1.54, 1.807) is 12.1 Å². The van der Waals surface area contributed by atoms with Gasteiger partial charge in [-0.3, -0.25) is 0 Å². The lowest BCUT2D eigenvalue weighted by Crippen LogP contribution is -2.60. The van der Waals surface area contributed by atoms with Crippen LogP contribution < -0.4 is 10.2 Å². The molecule has 1 fully saturated rings. The standard InChI is InChI=1S/C16H24ClFN2/c1-5-11-9-19-15(16(2,3)4)10-20(11)12-6-7-13(17)14(18)8-12/h6-8,11,15,19H,5,9-10H2,1-4H3. The highest BCUT2D eigenvalue weighted by Crippen LogP contribution is 2.29. The monoisotopic (exact) mass is 298 g/mol. The molecule has 2 unspecified atom stereocenters. The van der Waals surface area contributed by atoms with Crippen molar-refractivity contribution in [1.82, 2.24) is 5.32 Å². The van der Waals surface area contributed by atoms with E-state index in [0.29, 0.717) is 12.1 Å². The summed E-state index contributed by atoms with van der Waals surface area (Å²) in [7, 11) is 0. The molecule has 0 saturated carbocycles. The molecule has 112 valence electrons. The number of halogens is 2. The first-order chi connectivity index (χ1) is 9.32. The zero-order chi connectivity index (χ0) is 14.9. The van der Waals surface area contributed by atoms with E-state index in [1.807, 2.05) is 6.07 Å². The van der Waals surface area contributed by atoms with Gasteiger partial charge in [-0.15, -0.1) is 0 Å². The van der Waals surface area contributed by atoms with Gasteiger partial charge in [0.05, 0.1) is 5.02 Å². The summed E-state index contributed by atoms with van der Waals surface area (Å²) in [4.78, 5) is 2.31. The van der Waals surface area contributed by atoms with Gasteiger partial charge < -0.3 is 10.2 Å². The topological polar surface area (TPSA) is 15.3 Å². The Morgan fingerprint density at radius 2 is 2.10 bits per heavy atom. The molecule has 0 aromatic heterocycles. The number of hydrogen-bond acceptors (Lipinski definition) is 2. The molecule has 0 bridgehead atoms. The summed E-state index contributed by atoms with van der Waals surface area (Å²) in [5, 5.41) is 3.81. The first kappa shape index (κ1) is 15.6. The Bertz CT molecular complexity index is 470. The zero-order valence-corrected chi connectivity index (χ0v) is 13.5. The van der Waals surface area contributed by atoms with Gasteiger partial charge in [-0.2, -0.15) is 0 Å². The molecule has 2 atom stereocenters. The predicted molar refractivity (Wildman–Crippen MR) is 84.1 cm³/mol. The Labute approximate surface area is 126 Å². The van der Waals surface area contributed by atoms with E-state index in [-0.39, 0.29) is 16.3 Å². The van der Waals surface area contributed by atoms with Crippen molar-refractivity contribution in [3.63, 3.8) is 0 Å². The molecular formula is C16H24ClFN2. The highest BCUT2D eigenvalue weighted by atomic mass is 35.5. The third kappa shape index (κ3) is 3.26. The van der Waals surface area contributed by atoms with Crippen LogP contribution in [0.1, 0.15) is 34.1 Å². The Kier molecular flexibility index (Phi) is 4.60. The van der Waals surface area contributed by atoms with Crippen molar-refractivity contribution >= 4 is 17.3 Å². The van der Waals surface area contributed by atoms with E-state index in [9.17, 15) is 4.39 Å². The average Bonchev–Trinajstić information content (AvgIpc) is 2.40. The SMILES string of the molecule is CCC1CNC(C(C)(C)C)CN1c1ccc(Cl)c(F)c1. The van der Waals surface area contributed by atoms with Gasteiger partial charge in [0, 0.05) is 30.9 Å². The van der Waals surface area contributed by atoms with Crippen molar-refractivity contribution in [2.45, 2.75) is 46.2 Å². The molecule has 0 spiro atoms. The molecule has 1 aliphatic rings. The Balaban J connectivity index is 2.27. The minimum atomic E-state index is -0.343. The number of anilines is 1. The number of hydrogen-bond donors (Lipinski definition) is 1. The normalized spacial score (nSPS) is 24.0. The third-order valence-electron chi connectivity index (χ3n) is 4.17. The molecule has 20 heavy (non-hydrogen) atoms. The number of piperazine rings is 1.